The molecule has 3 aliphatic rings. The third-order valence-electron chi connectivity index (χ3n) is 14.6. The number of fused-ring (bicyclic) bond motifs is 8. The zero-order valence-electron chi connectivity index (χ0n) is 39.8. The van der Waals surface area contributed by atoms with Crippen LogP contribution in [-0.2, 0) is 14.1 Å². The maximum absolute atomic E-state index is 5.69. The topological polar surface area (TPSA) is 80.9 Å². The Morgan fingerprint density at radius 2 is 0.634 bits per heavy atom. The van der Waals surface area contributed by atoms with E-state index in [-0.39, 0.29) is 0 Å². The standard InChI is InChI=1S/C59H46N12/c1-64-40-22-6-12-28-46(40)69(47-29-13-7-23-41(47)64)52-36-37(56-62-38-20-18-34-60-57(38)67(56)4)54(70-48-30-14-8-24-42(48)65(2)43-25-9-15-31-49(43)70)53(59-63-39-21-19-35-61-58(39)68(59)5)55(52)71-50-32-16-10-26-44(50)66(3)45-27-11-17-33-51(45)71/h6-36H,1-5H3. The number of anilines is 15. The molecule has 0 fully saturated rings. The first kappa shape index (κ1) is 40.6. The van der Waals surface area contributed by atoms with E-state index in [0.29, 0.717) is 0 Å². The first-order chi connectivity index (χ1) is 34.9. The lowest BCUT2D eigenvalue weighted by atomic mass is 9.93. The molecule has 71 heavy (non-hydrogen) atoms. The minimum atomic E-state index is 0.738. The van der Waals surface area contributed by atoms with Crippen LogP contribution in [0.25, 0.3) is 45.1 Å². The molecule has 7 aromatic carbocycles. The van der Waals surface area contributed by atoms with Crippen LogP contribution in [0, 0.1) is 0 Å². The SMILES string of the molecule is CN1c2ccccc2N(c2cc(-c3nc4cccnc4n3C)c(N3c4ccccc4N(C)c4ccccc43)c(-c3nc4cccnc4n3C)c2N2c3ccccc3N(C)c3ccccc32)c2ccccc21. The quantitative estimate of drug-likeness (QED) is 0.166. The van der Waals surface area contributed by atoms with Crippen LogP contribution in [0.1, 0.15) is 0 Å². The molecule has 0 N–H and O–H groups in total. The number of imidazole rings is 2. The molecule has 12 heteroatoms. The number of nitrogens with zero attached hydrogens (tertiary/aromatic N) is 12. The molecule has 7 heterocycles. The van der Waals surface area contributed by atoms with Gasteiger partial charge in [0.05, 0.1) is 90.9 Å². The summed E-state index contributed by atoms with van der Waals surface area (Å²) in [7, 11) is 10.6. The van der Waals surface area contributed by atoms with Gasteiger partial charge in [0.15, 0.2) is 11.3 Å². The minimum Gasteiger partial charge on any atom is -0.341 e. The van der Waals surface area contributed by atoms with Gasteiger partial charge in [0.1, 0.15) is 22.7 Å². The number of aryl methyl sites for hydroxylation is 2. The van der Waals surface area contributed by atoms with E-state index < -0.39 is 0 Å². The molecule has 0 bridgehead atoms. The van der Waals surface area contributed by atoms with Crippen LogP contribution in [0.2, 0.25) is 0 Å². The lowest BCUT2D eigenvalue weighted by Crippen LogP contribution is -2.29. The monoisotopic (exact) mass is 922 g/mol. The molecule has 0 saturated carbocycles. The van der Waals surface area contributed by atoms with Crippen LogP contribution in [0.15, 0.2) is 188 Å². The first-order valence-corrected chi connectivity index (χ1v) is 23.8. The summed E-state index contributed by atoms with van der Waals surface area (Å²) in [6, 6.07) is 62.6. The summed E-state index contributed by atoms with van der Waals surface area (Å²) >= 11 is 0. The van der Waals surface area contributed by atoms with E-state index in [9.17, 15) is 0 Å². The largest absolute Gasteiger partial charge is 0.341 e. The first-order valence-electron chi connectivity index (χ1n) is 23.8. The van der Waals surface area contributed by atoms with Gasteiger partial charge in [-0.15, -0.1) is 0 Å². The molecular weight excluding hydrogens is 877 g/mol. The van der Waals surface area contributed by atoms with Crippen LogP contribution in [0.3, 0.4) is 0 Å². The maximum Gasteiger partial charge on any atom is 0.160 e. The third kappa shape index (κ3) is 5.72. The minimum absolute atomic E-state index is 0.738. The van der Waals surface area contributed by atoms with Crippen molar-refractivity contribution in [2.45, 2.75) is 0 Å². The smallest absolute Gasteiger partial charge is 0.160 e. The van der Waals surface area contributed by atoms with Gasteiger partial charge in [0.2, 0.25) is 0 Å². The molecule has 0 spiro atoms. The van der Waals surface area contributed by atoms with Crippen molar-refractivity contribution in [3.63, 3.8) is 0 Å². The van der Waals surface area contributed by atoms with Crippen molar-refractivity contribution in [2.24, 2.45) is 14.1 Å². The molecule has 0 atom stereocenters. The summed E-state index contributed by atoms with van der Waals surface area (Å²) in [5, 5.41) is 0. The molecular formula is C59H46N12. The van der Waals surface area contributed by atoms with Crippen LogP contribution >= 0.6 is 0 Å². The van der Waals surface area contributed by atoms with Gasteiger partial charge in [-0.1, -0.05) is 72.8 Å². The highest BCUT2D eigenvalue weighted by Crippen LogP contribution is 2.64. The van der Waals surface area contributed by atoms with Gasteiger partial charge in [-0.25, -0.2) is 19.9 Å². The Morgan fingerprint density at radius 3 is 1.01 bits per heavy atom. The van der Waals surface area contributed by atoms with Gasteiger partial charge < -0.3 is 38.5 Å². The van der Waals surface area contributed by atoms with Crippen molar-refractivity contribution in [1.82, 2.24) is 29.1 Å². The zero-order valence-corrected chi connectivity index (χ0v) is 39.8. The number of benzene rings is 7. The van der Waals surface area contributed by atoms with Gasteiger partial charge in [-0.05, 0) is 103 Å². The second-order valence-electron chi connectivity index (χ2n) is 18.3. The highest BCUT2D eigenvalue weighted by atomic mass is 15.3. The fraction of sp³-hybridized carbons (Fsp3) is 0.0847. The van der Waals surface area contributed by atoms with Crippen molar-refractivity contribution in [2.75, 3.05) is 50.5 Å². The van der Waals surface area contributed by atoms with E-state index in [1.165, 1.54) is 0 Å². The number of para-hydroxylation sites is 12. The number of aromatic nitrogens is 6. The van der Waals surface area contributed by atoms with Gasteiger partial charge in [0.25, 0.3) is 0 Å². The van der Waals surface area contributed by atoms with Gasteiger partial charge in [-0.2, -0.15) is 0 Å². The van der Waals surface area contributed by atoms with Gasteiger partial charge in [0, 0.05) is 53.2 Å². The lowest BCUT2D eigenvalue weighted by molar-refractivity contribution is 0.935. The molecule has 0 aliphatic carbocycles. The summed E-state index contributed by atoms with van der Waals surface area (Å²) in [6.45, 7) is 0. The fourth-order valence-electron chi connectivity index (χ4n) is 11.3. The summed E-state index contributed by atoms with van der Waals surface area (Å²) in [4.78, 5) is 35.4. The van der Waals surface area contributed by atoms with Crippen LogP contribution in [0.4, 0.5) is 85.3 Å². The molecule has 14 rings (SSSR count). The summed E-state index contributed by atoms with van der Waals surface area (Å²) in [5.74, 6) is 1.49. The molecule has 342 valence electrons. The Kier molecular flexibility index (Phi) is 8.75. The predicted molar refractivity (Wildman–Crippen MR) is 290 cm³/mol. The summed E-state index contributed by atoms with van der Waals surface area (Å²) in [6.07, 6.45) is 3.69. The van der Waals surface area contributed by atoms with Crippen molar-refractivity contribution in [3.8, 4) is 22.8 Å². The van der Waals surface area contributed by atoms with E-state index in [1.807, 2.05) is 30.6 Å². The molecule has 0 amide bonds. The second kappa shape index (κ2) is 15.3. The maximum atomic E-state index is 5.69. The van der Waals surface area contributed by atoms with Gasteiger partial charge >= 0.3 is 0 Å². The molecule has 12 nitrogen and oxygen atoms in total. The zero-order chi connectivity index (χ0) is 47.6. The highest BCUT2D eigenvalue weighted by molar-refractivity contribution is 6.16. The van der Waals surface area contributed by atoms with E-state index >= 15 is 0 Å². The highest BCUT2D eigenvalue weighted by Gasteiger charge is 2.42. The average molecular weight is 923 g/mol. The number of hydrogen-bond donors (Lipinski definition) is 0. The average Bonchev–Trinajstić information content (AvgIpc) is 3.94. The Hall–Kier alpha value is -9.42. The van der Waals surface area contributed by atoms with Crippen molar-refractivity contribution in [3.05, 3.63) is 188 Å². The van der Waals surface area contributed by atoms with E-state index in [1.54, 1.807) is 0 Å². The Labute approximate surface area is 410 Å². The summed E-state index contributed by atoms with van der Waals surface area (Å²) in [5.41, 5.74) is 20.2. The van der Waals surface area contributed by atoms with Crippen molar-refractivity contribution >= 4 is 108 Å². The molecule has 0 unspecified atom stereocenters. The van der Waals surface area contributed by atoms with Crippen LogP contribution in [-0.4, -0.2) is 50.2 Å². The van der Waals surface area contributed by atoms with E-state index in [0.717, 1.165) is 130 Å². The molecule has 4 aromatic heterocycles. The lowest BCUT2D eigenvalue weighted by Gasteiger charge is -2.45. The Bertz CT molecular complexity index is 3840. The third-order valence-corrected chi connectivity index (χ3v) is 14.6. The summed E-state index contributed by atoms with van der Waals surface area (Å²) < 4.78 is 4.30. The van der Waals surface area contributed by atoms with Crippen LogP contribution in [0.5, 0.6) is 0 Å². The number of pyridine rings is 2. The fourth-order valence-corrected chi connectivity index (χ4v) is 11.3. The predicted octanol–water partition coefficient (Wildman–Crippen LogP) is 14.2. The van der Waals surface area contributed by atoms with E-state index in [4.69, 9.17) is 19.9 Å². The van der Waals surface area contributed by atoms with Crippen molar-refractivity contribution < 1.29 is 0 Å². The molecule has 0 saturated heterocycles. The number of rotatable bonds is 5. The second-order valence-corrected chi connectivity index (χ2v) is 18.3. The van der Waals surface area contributed by atoms with Crippen LogP contribution < -0.4 is 29.4 Å². The van der Waals surface area contributed by atoms with E-state index in [2.05, 4.69) is 231 Å². The normalized spacial score (nSPS) is 13.5. The molecule has 3 aliphatic heterocycles. The van der Waals surface area contributed by atoms with Crippen molar-refractivity contribution in [1.29, 1.82) is 0 Å². The Morgan fingerprint density at radius 1 is 0.310 bits per heavy atom. The number of hydrogen-bond acceptors (Lipinski definition) is 10. The molecule has 11 aromatic rings. The molecule has 0 radical (unpaired) electrons. The van der Waals surface area contributed by atoms with Gasteiger partial charge in [-0.3, -0.25) is 0 Å². The Balaban J connectivity index is 1.27.